The van der Waals surface area contributed by atoms with Gasteiger partial charge in [0.1, 0.15) is 0 Å². The van der Waals surface area contributed by atoms with Crippen LogP contribution in [0.1, 0.15) is 46.0 Å². The SMILES string of the molecule is COCCOCCCNC1CCCC(C(C)C)C1. The first-order chi connectivity index (χ1) is 8.74. The topological polar surface area (TPSA) is 30.5 Å². The zero-order chi connectivity index (χ0) is 13.2. The molecule has 3 heteroatoms. The molecule has 0 radical (unpaired) electrons. The van der Waals surface area contributed by atoms with Crippen LogP contribution in [-0.4, -0.2) is 39.5 Å². The van der Waals surface area contributed by atoms with Gasteiger partial charge >= 0.3 is 0 Å². The van der Waals surface area contributed by atoms with Crippen LogP contribution in [0.5, 0.6) is 0 Å². The first kappa shape index (κ1) is 15.9. The van der Waals surface area contributed by atoms with E-state index in [9.17, 15) is 0 Å². The van der Waals surface area contributed by atoms with Gasteiger partial charge in [0.05, 0.1) is 13.2 Å². The second-order valence-corrected chi connectivity index (χ2v) is 5.78. The zero-order valence-electron chi connectivity index (χ0n) is 12.4. The molecule has 0 aliphatic heterocycles. The number of hydrogen-bond acceptors (Lipinski definition) is 3. The molecule has 3 nitrogen and oxygen atoms in total. The molecule has 1 rings (SSSR count). The standard InChI is InChI=1S/C15H31NO2/c1-13(2)14-6-4-7-15(12-14)16-8-5-9-18-11-10-17-3/h13-16H,4-12H2,1-3H3. The Kier molecular flexibility index (Phi) is 8.64. The van der Waals surface area contributed by atoms with Crippen LogP contribution < -0.4 is 5.32 Å². The van der Waals surface area contributed by atoms with Crippen LogP contribution in [-0.2, 0) is 9.47 Å². The number of methoxy groups -OCH3 is 1. The Morgan fingerprint density at radius 3 is 2.72 bits per heavy atom. The summed E-state index contributed by atoms with van der Waals surface area (Å²) in [6.07, 6.45) is 6.64. The maximum atomic E-state index is 5.46. The summed E-state index contributed by atoms with van der Waals surface area (Å²) in [5.41, 5.74) is 0. The molecule has 0 aromatic heterocycles. The van der Waals surface area contributed by atoms with Crippen LogP contribution in [0.2, 0.25) is 0 Å². The third-order valence-corrected chi connectivity index (χ3v) is 3.99. The van der Waals surface area contributed by atoms with Gasteiger partial charge in [-0.2, -0.15) is 0 Å². The predicted octanol–water partition coefficient (Wildman–Crippen LogP) is 2.84. The highest BCUT2D eigenvalue weighted by Gasteiger charge is 2.23. The molecule has 0 heterocycles. The van der Waals surface area contributed by atoms with Crippen LogP contribution >= 0.6 is 0 Å². The minimum Gasteiger partial charge on any atom is -0.382 e. The lowest BCUT2D eigenvalue weighted by atomic mass is 9.79. The van der Waals surface area contributed by atoms with Crippen molar-refractivity contribution >= 4 is 0 Å². The summed E-state index contributed by atoms with van der Waals surface area (Å²) in [5, 5.41) is 3.69. The molecule has 1 N–H and O–H groups in total. The lowest BCUT2D eigenvalue weighted by molar-refractivity contribution is 0.0689. The smallest absolute Gasteiger partial charge is 0.0700 e. The molecule has 1 aliphatic carbocycles. The van der Waals surface area contributed by atoms with Crippen molar-refractivity contribution < 1.29 is 9.47 Å². The molecule has 0 amide bonds. The summed E-state index contributed by atoms with van der Waals surface area (Å²) in [6.45, 7) is 8.06. The van der Waals surface area contributed by atoms with Gasteiger partial charge in [0, 0.05) is 19.8 Å². The van der Waals surface area contributed by atoms with Crippen molar-refractivity contribution in [3.8, 4) is 0 Å². The van der Waals surface area contributed by atoms with Crippen molar-refractivity contribution in [2.45, 2.75) is 52.0 Å². The van der Waals surface area contributed by atoms with Gasteiger partial charge < -0.3 is 14.8 Å². The highest BCUT2D eigenvalue weighted by Crippen LogP contribution is 2.29. The Morgan fingerprint density at radius 2 is 2.00 bits per heavy atom. The molecule has 108 valence electrons. The Balaban J connectivity index is 1.98. The molecule has 2 unspecified atom stereocenters. The van der Waals surface area contributed by atoms with E-state index in [0.717, 1.165) is 44.1 Å². The lowest BCUT2D eigenvalue weighted by Crippen LogP contribution is -2.36. The summed E-state index contributed by atoms with van der Waals surface area (Å²) in [4.78, 5) is 0. The normalized spacial score (nSPS) is 24.7. The average Bonchev–Trinajstić information content (AvgIpc) is 2.38. The van der Waals surface area contributed by atoms with Crippen LogP contribution in [0, 0.1) is 11.8 Å². The summed E-state index contributed by atoms with van der Waals surface area (Å²) >= 11 is 0. The molecular weight excluding hydrogens is 226 g/mol. The van der Waals surface area contributed by atoms with E-state index in [1.54, 1.807) is 7.11 Å². The molecule has 1 aliphatic rings. The Bertz CT molecular complexity index is 197. The van der Waals surface area contributed by atoms with Gasteiger partial charge in [-0.3, -0.25) is 0 Å². The molecule has 0 aromatic carbocycles. The lowest BCUT2D eigenvalue weighted by Gasteiger charge is -2.32. The third kappa shape index (κ3) is 6.72. The van der Waals surface area contributed by atoms with Gasteiger partial charge in [0.25, 0.3) is 0 Å². The number of nitrogens with one attached hydrogen (secondary N) is 1. The van der Waals surface area contributed by atoms with E-state index in [1.807, 2.05) is 0 Å². The zero-order valence-corrected chi connectivity index (χ0v) is 12.4. The molecule has 0 spiro atoms. The summed E-state index contributed by atoms with van der Waals surface area (Å²) in [6, 6.07) is 0.741. The summed E-state index contributed by atoms with van der Waals surface area (Å²) in [5.74, 6) is 1.76. The number of hydrogen-bond donors (Lipinski definition) is 1. The second-order valence-electron chi connectivity index (χ2n) is 5.78. The summed E-state index contributed by atoms with van der Waals surface area (Å²) < 4.78 is 10.4. The van der Waals surface area contributed by atoms with Gasteiger partial charge in [-0.05, 0) is 37.6 Å². The average molecular weight is 257 g/mol. The molecule has 18 heavy (non-hydrogen) atoms. The monoisotopic (exact) mass is 257 g/mol. The van der Waals surface area contributed by atoms with E-state index >= 15 is 0 Å². The van der Waals surface area contributed by atoms with E-state index in [-0.39, 0.29) is 0 Å². The van der Waals surface area contributed by atoms with Gasteiger partial charge in [-0.15, -0.1) is 0 Å². The van der Waals surface area contributed by atoms with Crippen molar-refractivity contribution in [3.63, 3.8) is 0 Å². The molecule has 2 atom stereocenters. The molecule has 0 saturated heterocycles. The molecular formula is C15H31NO2. The Labute approximate surface area is 113 Å². The second kappa shape index (κ2) is 9.76. The number of rotatable bonds is 9. The van der Waals surface area contributed by atoms with E-state index in [1.165, 1.54) is 25.7 Å². The van der Waals surface area contributed by atoms with Crippen molar-refractivity contribution in [2.75, 3.05) is 33.5 Å². The quantitative estimate of drug-likeness (QED) is 0.644. The highest BCUT2D eigenvalue weighted by atomic mass is 16.5. The van der Waals surface area contributed by atoms with E-state index < -0.39 is 0 Å². The largest absolute Gasteiger partial charge is 0.382 e. The Morgan fingerprint density at radius 1 is 1.17 bits per heavy atom. The van der Waals surface area contributed by atoms with Crippen molar-refractivity contribution in [3.05, 3.63) is 0 Å². The fourth-order valence-corrected chi connectivity index (χ4v) is 2.74. The minimum atomic E-state index is 0.701. The van der Waals surface area contributed by atoms with Crippen molar-refractivity contribution in [1.82, 2.24) is 5.32 Å². The van der Waals surface area contributed by atoms with E-state index in [2.05, 4.69) is 19.2 Å². The molecule has 1 fully saturated rings. The fourth-order valence-electron chi connectivity index (χ4n) is 2.74. The van der Waals surface area contributed by atoms with Gasteiger partial charge in [-0.25, -0.2) is 0 Å². The molecule has 0 aromatic rings. The minimum absolute atomic E-state index is 0.701. The van der Waals surface area contributed by atoms with Gasteiger partial charge in [0.15, 0.2) is 0 Å². The van der Waals surface area contributed by atoms with Crippen LogP contribution in [0.4, 0.5) is 0 Å². The van der Waals surface area contributed by atoms with Gasteiger partial charge in [-0.1, -0.05) is 26.7 Å². The van der Waals surface area contributed by atoms with Gasteiger partial charge in [0.2, 0.25) is 0 Å². The van der Waals surface area contributed by atoms with Crippen molar-refractivity contribution in [1.29, 1.82) is 0 Å². The summed E-state index contributed by atoms with van der Waals surface area (Å²) in [7, 11) is 1.71. The van der Waals surface area contributed by atoms with E-state index in [4.69, 9.17) is 9.47 Å². The fraction of sp³-hybridized carbons (Fsp3) is 1.00. The first-order valence-corrected chi connectivity index (χ1v) is 7.54. The number of ether oxygens (including phenoxy) is 2. The third-order valence-electron chi connectivity index (χ3n) is 3.99. The Hall–Kier alpha value is -0.120. The first-order valence-electron chi connectivity index (χ1n) is 7.54. The van der Waals surface area contributed by atoms with E-state index in [0.29, 0.717) is 6.61 Å². The maximum absolute atomic E-state index is 5.46. The molecule has 1 saturated carbocycles. The van der Waals surface area contributed by atoms with Crippen molar-refractivity contribution in [2.24, 2.45) is 11.8 Å². The van der Waals surface area contributed by atoms with Crippen LogP contribution in [0.3, 0.4) is 0 Å². The molecule has 0 bridgehead atoms. The highest BCUT2D eigenvalue weighted by molar-refractivity contribution is 4.79. The maximum Gasteiger partial charge on any atom is 0.0700 e. The predicted molar refractivity (Wildman–Crippen MR) is 75.9 cm³/mol. The van der Waals surface area contributed by atoms with Crippen LogP contribution in [0.15, 0.2) is 0 Å². The van der Waals surface area contributed by atoms with Crippen LogP contribution in [0.25, 0.3) is 0 Å².